The third kappa shape index (κ3) is 5.31. The molecule has 38 heavy (non-hydrogen) atoms. The second-order valence-electron chi connectivity index (χ2n) is 9.77. The molecular weight excluding hydrogens is 535 g/mol. The molecule has 194 valence electrons. The molecule has 1 N–H and O–H groups in total. The summed E-state index contributed by atoms with van der Waals surface area (Å²) >= 11 is 4.73. The molecule has 10 heteroatoms. The van der Waals surface area contributed by atoms with Gasteiger partial charge in [0.2, 0.25) is 5.91 Å². The van der Waals surface area contributed by atoms with E-state index in [0.29, 0.717) is 18.3 Å². The number of thiophene rings is 1. The number of aromatic nitrogens is 4. The van der Waals surface area contributed by atoms with Gasteiger partial charge in [-0.05, 0) is 30.5 Å². The van der Waals surface area contributed by atoms with Gasteiger partial charge in [-0.15, -0.1) is 21.5 Å². The number of carbonyl (C=O) groups is 1. The number of fused-ring (bicyclic) bond motifs is 5. The summed E-state index contributed by atoms with van der Waals surface area (Å²) in [5, 5.41) is 14.7. The zero-order valence-electron chi connectivity index (χ0n) is 21.1. The van der Waals surface area contributed by atoms with Crippen LogP contribution in [-0.4, -0.2) is 36.8 Å². The molecule has 0 fully saturated rings. The molecule has 0 aliphatic carbocycles. The van der Waals surface area contributed by atoms with Crippen LogP contribution in [0.4, 0.5) is 0 Å². The Hall–Kier alpha value is -2.92. The Kier molecular flexibility index (Phi) is 7.13. The number of carbonyl (C=O) groups excluding carboxylic acids is 1. The fraction of sp³-hybridized carbons (Fsp3) is 0.286. The Balaban J connectivity index is 1.32. The summed E-state index contributed by atoms with van der Waals surface area (Å²) < 4.78 is 8.11. The highest BCUT2D eigenvalue weighted by atomic mass is 32.2. The van der Waals surface area contributed by atoms with Crippen LogP contribution in [0.3, 0.4) is 0 Å². The zero-order chi connectivity index (χ0) is 26.1. The van der Waals surface area contributed by atoms with E-state index in [4.69, 9.17) is 9.72 Å². The summed E-state index contributed by atoms with van der Waals surface area (Å²) in [4.78, 5) is 19.9. The lowest BCUT2D eigenvalue weighted by molar-refractivity contribution is -0.118. The van der Waals surface area contributed by atoms with Crippen LogP contribution in [0, 0.1) is 0 Å². The largest absolute Gasteiger partial charge is 0.370 e. The molecule has 6 rings (SSSR count). The van der Waals surface area contributed by atoms with Crippen molar-refractivity contribution in [3.63, 3.8) is 0 Å². The Morgan fingerprint density at radius 3 is 2.53 bits per heavy atom. The fourth-order valence-electron chi connectivity index (χ4n) is 4.48. The van der Waals surface area contributed by atoms with Gasteiger partial charge < -0.3 is 10.1 Å². The van der Waals surface area contributed by atoms with Crippen LogP contribution in [-0.2, 0) is 34.9 Å². The molecule has 0 spiro atoms. The van der Waals surface area contributed by atoms with E-state index < -0.39 is 0 Å². The predicted molar refractivity (Wildman–Crippen MR) is 154 cm³/mol. The van der Waals surface area contributed by atoms with E-state index in [2.05, 4.69) is 41.5 Å². The standard InChI is InChI=1S/C28H27N5O2S3/c1-28(2)13-20-21(15-35-28)38-25-23(20)24-31-32-27(37-17-22(34)29-14-18-9-5-3-6-10-18)33(24)26(30-25)36-16-19-11-7-4-8-12-19/h3-12H,13-17H2,1-2H3,(H,29,34). The molecule has 3 aromatic heterocycles. The number of hydrogen-bond acceptors (Lipinski definition) is 8. The van der Waals surface area contributed by atoms with Gasteiger partial charge in [0.15, 0.2) is 16.0 Å². The fourth-order valence-corrected chi connectivity index (χ4v) is 7.40. The summed E-state index contributed by atoms with van der Waals surface area (Å²) in [5.74, 6) is 0.974. The van der Waals surface area contributed by atoms with E-state index >= 15 is 0 Å². The Labute approximate surface area is 233 Å². The summed E-state index contributed by atoms with van der Waals surface area (Å²) in [5.41, 5.74) is 4.10. The van der Waals surface area contributed by atoms with Crippen LogP contribution >= 0.6 is 34.9 Å². The molecule has 0 bridgehead atoms. The van der Waals surface area contributed by atoms with Gasteiger partial charge in [-0.2, -0.15) is 0 Å². The van der Waals surface area contributed by atoms with E-state index in [1.807, 2.05) is 52.9 Å². The number of benzene rings is 2. The molecule has 1 aliphatic rings. The van der Waals surface area contributed by atoms with Crippen molar-refractivity contribution in [1.82, 2.24) is 24.9 Å². The van der Waals surface area contributed by atoms with E-state index in [0.717, 1.165) is 38.8 Å². The van der Waals surface area contributed by atoms with E-state index in [1.165, 1.54) is 27.8 Å². The van der Waals surface area contributed by atoms with Crippen molar-refractivity contribution >= 4 is 56.6 Å². The molecule has 0 atom stereocenters. The monoisotopic (exact) mass is 561 g/mol. The summed E-state index contributed by atoms with van der Waals surface area (Å²) in [6.07, 6.45) is 0.799. The van der Waals surface area contributed by atoms with Gasteiger partial charge in [-0.3, -0.25) is 4.79 Å². The third-order valence-corrected chi connectivity index (χ3v) is 9.43. The van der Waals surface area contributed by atoms with Gasteiger partial charge in [0.25, 0.3) is 0 Å². The first-order valence-corrected chi connectivity index (χ1v) is 15.2. The van der Waals surface area contributed by atoms with Crippen molar-refractivity contribution in [2.75, 3.05) is 5.75 Å². The number of nitrogens with one attached hydrogen (secondary N) is 1. The molecule has 7 nitrogen and oxygen atoms in total. The summed E-state index contributed by atoms with van der Waals surface area (Å²) in [7, 11) is 0. The number of thioether (sulfide) groups is 2. The van der Waals surface area contributed by atoms with Crippen LogP contribution in [0.1, 0.15) is 35.4 Å². The molecule has 4 heterocycles. The van der Waals surface area contributed by atoms with Gasteiger partial charge in [0, 0.05) is 23.6 Å². The first-order valence-electron chi connectivity index (χ1n) is 12.4. The quantitative estimate of drug-likeness (QED) is 0.187. The maximum atomic E-state index is 12.7. The first-order chi connectivity index (χ1) is 18.5. The topological polar surface area (TPSA) is 81.4 Å². The first kappa shape index (κ1) is 25.4. The minimum Gasteiger partial charge on any atom is -0.370 e. The van der Waals surface area contributed by atoms with Crippen LogP contribution < -0.4 is 5.32 Å². The lowest BCUT2D eigenvalue weighted by atomic mass is 9.94. The average Bonchev–Trinajstić information content (AvgIpc) is 3.51. The lowest BCUT2D eigenvalue weighted by Gasteiger charge is -2.30. The maximum absolute atomic E-state index is 12.7. The number of rotatable bonds is 8. The second kappa shape index (κ2) is 10.7. The van der Waals surface area contributed by atoms with E-state index in [-0.39, 0.29) is 17.3 Å². The van der Waals surface area contributed by atoms with Gasteiger partial charge >= 0.3 is 0 Å². The maximum Gasteiger partial charge on any atom is 0.230 e. The van der Waals surface area contributed by atoms with Crippen molar-refractivity contribution in [2.24, 2.45) is 0 Å². The number of hydrogen-bond donors (Lipinski definition) is 1. The van der Waals surface area contributed by atoms with Crippen molar-refractivity contribution in [1.29, 1.82) is 0 Å². The molecule has 0 saturated carbocycles. The van der Waals surface area contributed by atoms with Crippen LogP contribution in [0.5, 0.6) is 0 Å². The van der Waals surface area contributed by atoms with Crippen molar-refractivity contribution < 1.29 is 9.53 Å². The predicted octanol–water partition coefficient (Wildman–Crippen LogP) is 5.89. The molecule has 0 unspecified atom stereocenters. The summed E-state index contributed by atoms with van der Waals surface area (Å²) in [6.45, 7) is 5.32. The van der Waals surface area contributed by atoms with Gasteiger partial charge in [-0.25, -0.2) is 9.38 Å². The SMILES string of the molecule is CC1(C)Cc2c(sc3nc(SCc4ccccc4)n4c(SCC(=O)NCc5ccccc5)nnc4c23)CO1. The molecule has 1 amide bonds. The molecule has 0 radical (unpaired) electrons. The number of nitrogens with zero attached hydrogens (tertiary/aromatic N) is 4. The van der Waals surface area contributed by atoms with Gasteiger partial charge in [0.05, 0.1) is 23.3 Å². The highest BCUT2D eigenvalue weighted by Crippen LogP contribution is 2.41. The number of amides is 1. The Bertz CT molecular complexity index is 1600. The number of ether oxygens (including phenoxy) is 1. The van der Waals surface area contributed by atoms with Gasteiger partial charge in [0.1, 0.15) is 4.83 Å². The minimum atomic E-state index is -0.243. The molecule has 5 aromatic rings. The Morgan fingerprint density at radius 1 is 1.03 bits per heavy atom. The van der Waals surface area contributed by atoms with Crippen LogP contribution in [0.25, 0.3) is 15.9 Å². The van der Waals surface area contributed by atoms with E-state index in [1.54, 1.807) is 23.1 Å². The minimum absolute atomic E-state index is 0.0464. The molecule has 2 aromatic carbocycles. The lowest BCUT2D eigenvalue weighted by Crippen LogP contribution is -2.31. The highest BCUT2D eigenvalue weighted by Gasteiger charge is 2.31. The van der Waals surface area contributed by atoms with Crippen LogP contribution in [0.15, 0.2) is 71.0 Å². The average molecular weight is 562 g/mol. The molecule has 0 saturated heterocycles. The highest BCUT2D eigenvalue weighted by molar-refractivity contribution is 8.00. The van der Waals surface area contributed by atoms with Crippen molar-refractivity contribution in [2.45, 2.75) is 55.1 Å². The van der Waals surface area contributed by atoms with E-state index in [9.17, 15) is 4.79 Å². The van der Waals surface area contributed by atoms with Crippen molar-refractivity contribution in [3.05, 3.63) is 82.2 Å². The van der Waals surface area contributed by atoms with Gasteiger partial charge in [-0.1, -0.05) is 84.2 Å². The molecule has 1 aliphatic heterocycles. The normalized spacial score (nSPS) is 14.6. The smallest absolute Gasteiger partial charge is 0.230 e. The molecular formula is C28H27N5O2S3. The van der Waals surface area contributed by atoms with Crippen molar-refractivity contribution in [3.8, 4) is 0 Å². The zero-order valence-corrected chi connectivity index (χ0v) is 23.6. The second-order valence-corrected chi connectivity index (χ2v) is 12.7. The van der Waals surface area contributed by atoms with Crippen LogP contribution in [0.2, 0.25) is 0 Å². The Morgan fingerprint density at radius 2 is 1.76 bits per heavy atom. The summed E-state index contributed by atoms with van der Waals surface area (Å²) in [6, 6.07) is 20.3. The third-order valence-electron chi connectivity index (χ3n) is 6.39.